The summed E-state index contributed by atoms with van der Waals surface area (Å²) >= 11 is 0. The van der Waals surface area contributed by atoms with Gasteiger partial charge in [0.25, 0.3) is 0 Å². The number of ether oxygens (including phenoxy) is 1. The Morgan fingerprint density at radius 1 is 1.08 bits per heavy atom. The lowest BCUT2D eigenvalue weighted by molar-refractivity contribution is -0.137. The molecule has 0 radical (unpaired) electrons. The van der Waals surface area contributed by atoms with Gasteiger partial charge >= 0.3 is 12.1 Å². The van der Waals surface area contributed by atoms with Crippen molar-refractivity contribution in [1.82, 2.24) is 9.55 Å². The van der Waals surface area contributed by atoms with Gasteiger partial charge in [-0.05, 0) is 29.8 Å². The molecule has 0 amide bonds. The van der Waals surface area contributed by atoms with Crippen LogP contribution in [-0.2, 0) is 17.5 Å². The molecule has 3 rings (SSSR count). The molecule has 1 aromatic heterocycles. The van der Waals surface area contributed by atoms with Crippen molar-refractivity contribution in [3.05, 3.63) is 77.6 Å². The first-order valence-corrected chi connectivity index (χ1v) is 7.74. The van der Waals surface area contributed by atoms with Gasteiger partial charge in [0.05, 0.1) is 18.2 Å². The average molecular weight is 360 g/mol. The minimum absolute atomic E-state index is 0.412. The summed E-state index contributed by atoms with van der Waals surface area (Å²) in [6.45, 7) is 0.470. The van der Waals surface area contributed by atoms with Crippen molar-refractivity contribution in [2.75, 3.05) is 7.11 Å². The van der Waals surface area contributed by atoms with E-state index >= 15 is 0 Å². The van der Waals surface area contributed by atoms with Crippen LogP contribution >= 0.6 is 0 Å². The van der Waals surface area contributed by atoms with E-state index in [2.05, 4.69) is 9.72 Å². The summed E-state index contributed by atoms with van der Waals surface area (Å²) in [5.74, 6) is 0.153. The zero-order valence-electron chi connectivity index (χ0n) is 13.8. The number of hydrogen-bond donors (Lipinski definition) is 0. The number of alkyl halides is 3. The number of halogens is 3. The molecule has 0 bridgehead atoms. The van der Waals surface area contributed by atoms with Gasteiger partial charge in [-0.1, -0.05) is 24.3 Å². The van der Waals surface area contributed by atoms with Gasteiger partial charge in [-0.15, -0.1) is 0 Å². The lowest BCUT2D eigenvalue weighted by Gasteiger charge is -2.10. The van der Waals surface area contributed by atoms with Crippen molar-refractivity contribution < 1.29 is 22.7 Å². The van der Waals surface area contributed by atoms with Crippen molar-refractivity contribution >= 4 is 5.97 Å². The van der Waals surface area contributed by atoms with Crippen LogP contribution in [0.4, 0.5) is 13.2 Å². The Balaban J connectivity index is 1.81. The number of rotatable bonds is 4. The van der Waals surface area contributed by atoms with Crippen LogP contribution in [0.2, 0.25) is 0 Å². The van der Waals surface area contributed by atoms with Crippen molar-refractivity contribution in [2.24, 2.45) is 0 Å². The van der Waals surface area contributed by atoms with E-state index in [0.29, 0.717) is 23.5 Å². The molecule has 0 N–H and O–H groups in total. The standard InChI is InChI=1S/C19H15F3N2O2/c1-26-18(25)15-4-2-13(3-5-15)12-24-11-10-23-17(24)14-6-8-16(9-7-14)19(20,21)22/h2-11H,12H2,1H3. The number of esters is 1. The Morgan fingerprint density at radius 3 is 2.31 bits per heavy atom. The van der Waals surface area contributed by atoms with E-state index < -0.39 is 17.7 Å². The zero-order valence-corrected chi connectivity index (χ0v) is 13.8. The Labute approximate surface area is 147 Å². The third kappa shape index (κ3) is 3.77. The molecule has 0 saturated carbocycles. The normalized spacial score (nSPS) is 11.4. The number of benzene rings is 2. The summed E-state index contributed by atoms with van der Waals surface area (Å²) in [5.41, 5.74) is 1.26. The van der Waals surface area contributed by atoms with Crippen LogP contribution in [0.1, 0.15) is 21.5 Å². The van der Waals surface area contributed by atoms with Crippen LogP contribution in [0, 0.1) is 0 Å². The number of imidazole rings is 1. The second-order valence-corrected chi connectivity index (χ2v) is 5.64. The molecule has 1 heterocycles. The first-order valence-electron chi connectivity index (χ1n) is 7.74. The molecular weight excluding hydrogens is 345 g/mol. The maximum Gasteiger partial charge on any atom is 0.416 e. The van der Waals surface area contributed by atoms with Crippen molar-refractivity contribution in [3.63, 3.8) is 0 Å². The minimum Gasteiger partial charge on any atom is -0.465 e. The third-order valence-corrected chi connectivity index (χ3v) is 3.91. The lowest BCUT2D eigenvalue weighted by Crippen LogP contribution is -2.05. The number of hydrogen-bond acceptors (Lipinski definition) is 3. The molecule has 0 atom stereocenters. The fraction of sp³-hybridized carbons (Fsp3) is 0.158. The molecule has 26 heavy (non-hydrogen) atoms. The quantitative estimate of drug-likeness (QED) is 0.648. The molecule has 0 saturated heterocycles. The molecule has 7 heteroatoms. The van der Waals surface area contributed by atoms with E-state index in [1.807, 2.05) is 4.57 Å². The number of methoxy groups -OCH3 is 1. The van der Waals surface area contributed by atoms with Gasteiger partial charge in [-0.25, -0.2) is 9.78 Å². The molecule has 4 nitrogen and oxygen atoms in total. The highest BCUT2D eigenvalue weighted by Gasteiger charge is 2.30. The summed E-state index contributed by atoms with van der Waals surface area (Å²) in [6, 6.07) is 11.8. The molecule has 2 aromatic carbocycles. The summed E-state index contributed by atoms with van der Waals surface area (Å²) in [6.07, 6.45) is -1.02. The van der Waals surface area contributed by atoms with Crippen LogP contribution in [0.15, 0.2) is 60.9 Å². The molecular formula is C19H15F3N2O2. The van der Waals surface area contributed by atoms with Crippen molar-refractivity contribution in [2.45, 2.75) is 12.7 Å². The summed E-state index contributed by atoms with van der Waals surface area (Å²) in [4.78, 5) is 15.7. The topological polar surface area (TPSA) is 44.1 Å². The Hall–Kier alpha value is -3.09. The molecule has 0 aliphatic heterocycles. The second-order valence-electron chi connectivity index (χ2n) is 5.64. The van der Waals surface area contributed by atoms with Crippen LogP contribution in [0.5, 0.6) is 0 Å². The SMILES string of the molecule is COC(=O)c1ccc(Cn2ccnc2-c2ccc(C(F)(F)F)cc2)cc1. The number of carbonyl (C=O) groups is 1. The number of nitrogens with zero attached hydrogens (tertiary/aromatic N) is 2. The fourth-order valence-electron chi connectivity index (χ4n) is 2.57. The van der Waals surface area contributed by atoms with Crippen LogP contribution in [0.25, 0.3) is 11.4 Å². The van der Waals surface area contributed by atoms with E-state index in [-0.39, 0.29) is 0 Å². The molecule has 0 aliphatic rings. The van der Waals surface area contributed by atoms with Gasteiger partial charge in [0.2, 0.25) is 0 Å². The van der Waals surface area contributed by atoms with Gasteiger partial charge < -0.3 is 9.30 Å². The summed E-state index contributed by atoms with van der Waals surface area (Å²) in [7, 11) is 1.32. The summed E-state index contributed by atoms with van der Waals surface area (Å²) < 4.78 is 44.6. The molecule has 134 valence electrons. The van der Waals surface area contributed by atoms with E-state index in [1.165, 1.54) is 19.2 Å². The Morgan fingerprint density at radius 2 is 1.73 bits per heavy atom. The Kier molecular flexibility index (Phi) is 4.79. The van der Waals surface area contributed by atoms with E-state index in [1.54, 1.807) is 36.7 Å². The molecule has 0 unspecified atom stereocenters. The number of aromatic nitrogens is 2. The highest BCUT2D eigenvalue weighted by molar-refractivity contribution is 5.89. The largest absolute Gasteiger partial charge is 0.465 e. The monoisotopic (exact) mass is 360 g/mol. The average Bonchev–Trinajstić information content (AvgIpc) is 3.09. The number of carbonyl (C=O) groups excluding carboxylic acids is 1. The highest BCUT2D eigenvalue weighted by atomic mass is 19.4. The molecule has 3 aromatic rings. The van der Waals surface area contributed by atoms with E-state index in [9.17, 15) is 18.0 Å². The van der Waals surface area contributed by atoms with Crippen LogP contribution in [0.3, 0.4) is 0 Å². The smallest absolute Gasteiger partial charge is 0.416 e. The van der Waals surface area contributed by atoms with Gasteiger partial charge in [0.1, 0.15) is 5.82 Å². The van der Waals surface area contributed by atoms with Gasteiger partial charge in [0, 0.05) is 24.5 Å². The predicted octanol–water partition coefficient (Wildman–Crippen LogP) is 4.40. The maximum atomic E-state index is 12.7. The summed E-state index contributed by atoms with van der Waals surface area (Å²) in [5, 5.41) is 0. The second kappa shape index (κ2) is 7.03. The highest BCUT2D eigenvalue weighted by Crippen LogP contribution is 2.30. The van der Waals surface area contributed by atoms with Crippen molar-refractivity contribution in [1.29, 1.82) is 0 Å². The molecule has 0 aliphatic carbocycles. The molecule has 0 fully saturated rings. The fourth-order valence-corrected chi connectivity index (χ4v) is 2.57. The first-order chi connectivity index (χ1) is 12.4. The Bertz CT molecular complexity index is 898. The van der Waals surface area contributed by atoms with Crippen LogP contribution < -0.4 is 0 Å². The first kappa shape index (κ1) is 17.7. The zero-order chi connectivity index (χ0) is 18.7. The lowest BCUT2D eigenvalue weighted by atomic mass is 10.1. The van der Waals surface area contributed by atoms with Crippen molar-refractivity contribution in [3.8, 4) is 11.4 Å². The van der Waals surface area contributed by atoms with E-state index in [4.69, 9.17) is 0 Å². The predicted molar refractivity (Wildman–Crippen MR) is 89.5 cm³/mol. The van der Waals surface area contributed by atoms with Gasteiger partial charge in [-0.2, -0.15) is 13.2 Å². The van der Waals surface area contributed by atoms with Gasteiger partial charge in [-0.3, -0.25) is 0 Å². The van der Waals surface area contributed by atoms with Gasteiger partial charge in [0.15, 0.2) is 0 Å². The third-order valence-electron chi connectivity index (χ3n) is 3.91. The minimum atomic E-state index is -4.37. The maximum absolute atomic E-state index is 12.7. The van der Waals surface area contributed by atoms with E-state index in [0.717, 1.165) is 17.7 Å². The molecule has 0 spiro atoms. The van der Waals surface area contributed by atoms with Crippen LogP contribution in [-0.4, -0.2) is 22.6 Å².